The number of amides is 1. The highest BCUT2D eigenvalue weighted by molar-refractivity contribution is 7.89. The number of hydrogen-bond donors (Lipinski definition) is 3. The van der Waals surface area contributed by atoms with Crippen LogP contribution in [0.3, 0.4) is 0 Å². The molecule has 4 rings (SSSR count). The molecular formula is C22H22N4O5S. The summed E-state index contributed by atoms with van der Waals surface area (Å²) in [5.41, 5.74) is 1.59. The number of hydrogen-bond acceptors (Lipinski definition) is 6. The lowest BCUT2D eigenvalue weighted by molar-refractivity contribution is 0.101. The highest BCUT2D eigenvalue weighted by Gasteiger charge is 2.36. The summed E-state index contributed by atoms with van der Waals surface area (Å²) in [6.45, 7) is 1.59. The molecule has 1 aliphatic heterocycles. The van der Waals surface area contributed by atoms with E-state index in [2.05, 4.69) is 27.9 Å². The van der Waals surface area contributed by atoms with Gasteiger partial charge in [-0.3, -0.25) is 4.79 Å². The van der Waals surface area contributed by atoms with Gasteiger partial charge in [0.25, 0.3) is 5.91 Å². The number of carbonyl (C=O) groups is 1. The van der Waals surface area contributed by atoms with E-state index in [1.807, 2.05) is 0 Å². The first kappa shape index (κ1) is 21.9. The number of nitriles is 1. The maximum atomic E-state index is 13.0. The Morgan fingerprint density at radius 1 is 1.41 bits per heavy atom. The minimum absolute atomic E-state index is 0.00339. The first-order valence-electron chi connectivity index (χ1n) is 10.1. The third kappa shape index (κ3) is 4.34. The largest absolute Gasteiger partial charge is 0.488 e. The van der Waals surface area contributed by atoms with Crippen molar-refractivity contribution in [2.75, 3.05) is 11.9 Å². The average Bonchev–Trinajstić information content (AvgIpc) is 3.52. The van der Waals surface area contributed by atoms with Crippen LogP contribution in [0.1, 0.15) is 34.5 Å². The van der Waals surface area contributed by atoms with E-state index >= 15 is 0 Å². The molecule has 3 N–H and O–H groups in total. The normalized spacial score (nSPS) is 19.9. The topological polar surface area (TPSA) is 133 Å². The van der Waals surface area contributed by atoms with Gasteiger partial charge in [0.2, 0.25) is 10.0 Å². The number of sulfonamides is 1. The highest BCUT2D eigenvalue weighted by Crippen LogP contribution is 2.33. The number of aryl methyl sites for hydroxylation is 2. The van der Waals surface area contributed by atoms with Crippen molar-refractivity contribution in [1.29, 1.82) is 5.26 Å². The molecule has 1 aromatic carbocycles. The number of aliphatic hydroxyl groups excluding tert-OH is 1. The third-order valence-corrected chi connectivity index (χ3v) is 6.81. The number of ether oxygens (including phenoxy) is 1. The second-order valence-corrected chi connectivity index (χ2v) is 9.61. The lowest BCUT2D eigenvalue weighted by Gasteiger charge is -2.17. The molecule has 1 unspecified atom stereocenters. The van der Waals surface area contributed by atoms with Crippen LogP contribution in [0.5, 0.6) is 5.75 Å². The molecule has 2 atom stereocenters. The van der Waals surface area contributed by atoms with Crippen molar-refractivity contribution < 1.29 is 23.1 Å². The van der Waals surface area contributed by atoms with Crippen LogP contribution in [0.4, 0.5) is 5.69 Å². The Hall–Kier alpha value is -3.31. The van der Waals surface area contributed by atoms with Crippen LogP contribution in [-0.2, 0) is 17.1 Å². The Balaban J connectivity index is 1.61. The summed E-state index contributed by atoms with van der Waals surface area (Å²) in [4.78, 5) is 12.8. The molecule has 0 saturated heterocycles. The molecule has 1 saturated carbocycles. The van der Waals surface area contributed by atoms with Crippen molar-refractivity contribution >= 4 is 21.6 Å². The fraction of sp³-hybridized carbons (Fsp3) is 0.364. The first-order valence-corrected chi connectivity index (χ1v) is 11.5. The summed E-state index contributed by atoms with van der Waals surface area (Å²) in [6, 6.07) is 5.98. The zero-order valence-electron chi connectivity index (χ0n) is 17.5. The standard InChI is InChI=1S/C22H22N4O5S/c1-13-3-7-16(9-15(13)10-23)24-22(28)20-21-19(11-26(20)2)32(29,30)25-17(12-31-21)18(27)8-6-14-4-5-14/h3,7,9,11,14,17-18,25,27H,4-5,12H2,1-2H3,(H,24,28)/t17-,18?/m1/s1. The van der Waals surface area contributed by atoms with Gasteiger partial charge in [0.1, 0.15) is 17.6 Å². The molecule has 1 aromatic heterocycles. The molecule has 2 aromatic rings. The number of benzene rings is 1. The van der Waals surface area contributed by atoms with Crippen LogP contribution in [0.25, 0.3) is 0 Å². The molecule has 0 spiro atoms. The summed E-state index contributed by atoms with van der Waals surface area (Å²) in [6.07, 6.45) is 2.01. The predicted molar refractivity (Wildman–Crippen MR) is 115 cm³/mol. The van der Waals surface area contributed by atoms with Gasteiger partial charge in [-0.2, -0.15) is 5.26 Å². The smallest absolute Gasteiger partial charge is 0.276 e. The highest BCUT2D eigenvalue weighted by atomic mass is 32.2. The molecule has 32 heavy (non-hydrogen) atoms. The summed E-state index contributed by atoms with van der Waals surface area (Å²) in [5.74, 6) is 5.16. The second-order valence-electron chi connectivity index (χ2n) is 7.92. The van der Waals surface area contributed by atoms with E-state index in [0.717, 1.165) is 18.4 Å². The number of aliphatic hydroxyl groups is 1. The Morgan fingerprint density at radius 3 is 2.84 bits per heavy atom. The van der Waals surface area contributed by atoms with Crippen molar-refractivity contribution in [1.82, 2.24) is 9.29 Å². The SMILES string of the molecule is Cc1ccc(NC(=O)c2c3c(cn2C)S(=O)(=O)N[C@@H](C(O)C#CC2CC2)CO3)cc1C#N. The predicted octanol–water partition coefficient (Wildman–Crippen LogP) is 1.27. The van der Waals surface area contributed by atoms with Gasteiger partial charge >= 0.3 is 0 Å². The van der Waals surface area contributed by atoms with Crippen LogP contribution in [0.2, 0.25) is 0 Å². The number of nitrogens with zero attached hydrogens (tertiary/aromatic N) is 2. The van der Waals surface area contributed by atoms with E-state index in [1.165, 1.54) is 17.8 Å². The fourth-order valence-corrected chi connectivity index (χ4v) is 4.76. The minimum atomic E-state index is -4.07. The molecule has 10 heteroatoms. The van der Waals surface area contributed by atoms with Crippen LogP contribution >= 0.6 is 0 Å². The molecule has 0 bridgehead atoms. The van der Waals surface area contributed by atoms with E-state index in [9.17, 15) is 23.6 Å². The van der Waals surface area contributed by atoms with Crippen molar-refractivity contribution in [3.8, 4) is 23.7 Å². The van der Waals surface area contributed by atoms with Crippen molar-refractivity contribution in [2.45, 2.75) is 36.8 Å². The molecule has 166 valence electrons. The van der Waals surface area contributed by atoms with Crippen molar-refractivity contribution in [3.63, 3.8) is 0 Å². The zero-order chi connectivity index (χ0) is 23.0. The van der Waals surface area contributed by atoms with Crippen LogP contribution in [0.15, 0.2) is 29.3 Å². The summed E-state index contributed by atoms with van der Waals surface area (Å²) < 4.78 is 35.3. The second kappa shape index (κ2) is 8.32. The van der Waals surface area contributed by atoms with Crippen LogP contribution < -0.4 is 14.8 Å². The number of rotatable bonds is 3. The maximum Gasteiger partial charge on any atom is 0.276 e. The van der Waals surface area contributed by atoms with Gasteiger partial charge in [-0.25, -0.2) is 13.1 Å². The van der Waals surface area contributed by atoms with E-state index in [1.54, 1.807) is 25.1 Å². The zero-order valence-corrected chi connectivity index (χ0v) is 18.4. The molecule has 0 radical (unpaired) electrons. The van der Waals surface area contributed by atoms with E-state index in [4.69, 9.17) is 4.74 Å². The third-order valence-electron chi connectivity index (χ3n) is 5.33. The molecule has 1 amide bonds. The van der Waals surface area contributed by atoms with Gasteiger partial charge in [0.15, 0.2) is 11.4 Å². The van der Waals surface area contributed by atoms with Gasteiger partial charge in [-0.05, 0) is 37.5 Å². The van der Waals surface area contributed by atoms with Crippen molar-refractivity contribution in [3.05, 3.63) is 41.2 Å². The molecular weight excluding hydrogens is 432 g/mol. The lowest BCUT2D eigenvalue weighted by atomic mass is 10.1. The molecule has 2 heterocycles. The Labute approximate surface area is 186 Å². The number of fused-ring (bicyclic) bond motifs is 1. The van der Waals surface area contributed by atoms with Gasteiger partial charge in [0, 0.05) is 24.8 Å². The average molecular weight is 455 g/mol. The number of carbonyl (C=O) groups excluding carboxylic acids is 1. The lowest BCUT2D eigenvalue weighted by Crippen LogP contribution is -2.45. The molecule has 2 aliphatic rings. The first-order chi connectivity index (χ1) is 15.2. The minimum Gasteiger partial charge on any atom is -0.488 e. The van der Waals surface area contributed by atoms with Gasteiger partial charge in [-0.1, -0.05) is 17.9 Å². The molecule has 9 nitrogen and oxygen atoms in total. The van der Waals surface area contributed by atoms with Crippen LogP contribution in [-0.4, -0.2) is 42.8 Å². The van der Waals surface area contributed by atoms with Crippen molar-refractivity contribution in [2.24, 2.45) is 13.0 Å². The van der Waals surface area contributed by atoms with Gasteiger partial charge in [0.05, 0.1) is 17.7 Å². The van der Waals surface area contributed by atoms with Gasteiger partial charge < -0.3 is 19.7 Å². The Kier molecular flexibility index (Phi) is 5.70. The summed E-state index contributed by atoms with van der Waals surface area (Å²) in [7, 11) is -2.53. The Bertz CT molecular complexity index is 1290. The maximum absolute atomic E-state index is 13.0. The monoisotopic (exact) mass is 454 g/mol. The number of nitrogens with one attached hydrogen (secondary N) is 2. The molecule has 1 aliphatic carbocycles. The van der Waals surface area contributed by atoms with E-state index in [0.29, 0.717) is 11.3 Å². The number of anilines is 1. The quantitative estimate of drug-likeness (QED) is 0.598. The molecule has 1 fully saturated rings. The van der Waals surface area contributed by atoms with Gasteiger partial charge in [-0.15, -0.1) is 0 Å². The van der Waals surface area contributed by atoms with Crippen LogP contribution in [0, 0.1) is 36.0 Å². The van der Waals surface area contributed by atoms with E-state index < -0.39 is 28.1 Å². The number of aromatic nitrogens is 1. The van der Waals surface area contributed by atoms with E-state index in [-0.39, 0.29) is 28.9 Å². The summed E-state index contributed by atoms with van der Waals surface area (Å²) in [5, 5.41) is 22.2. The Morgan fingerprint density at radius 2 is 2.16 bits per heavy atom. The summed E-state index contributed by atoms with van der Waals surface area (Å²) >= 11 is 0. The fourth-order valence-electron chi connectivity index (χ4n) is 3.34.